The molecule has 5 nitrogen and oxygen atoms in total. The van der Waals surface area contributed by atoms with Crippen molar-refractivity contribution in [2.24, 2.45) is 5.73 Å². The highest BCUT2D eigenvalue weighted by Gasteiger charge is 2.21. The summed E-state index contributed by atoms with van der Waals surface area (Å²) in [5.74, 6) is 0.558. The Bertz CT molecular complexity index is 631. The van der Waals surface area contributed by atoms with E-state index in [9.17, 15) is 4.79 Å². The number of carbonyl (C=O) groups excluding carboxylic acids is 1. The van der Waals surface area contributed by atoms with Crippen molar-refractivity contribution in [1.29, 1.82) is 0 Å². The van der Waals surface area contributed by atoms with Crippen molar-refractivity contribution in [1.82, 2.24) is 10.2 Å². The number of likely N-dealkylation sites (tertiary alicyclic amines) is 1. The predicted molar refractivity (Wildman–Crippen MR) is 88.8 cm³/mol. The van der Waals surface area contributed by atoms with E-state index in [2.05, 4.69) is 34.5 Å². The molecule has 0 atom stereocenters. The molecule has 2 aromatic rings. The number of furan rings is 1. The van der Waals surface area contributed by atoms with Crippen LogP contribution < -0.4 is 11.1 Å². The summed E-state index contributed by atoms with van der Waals surface area (Å²) in [6.45, 7) is 3.28. The first-order chi connectivity index (χ1) is 11.2. The van der Waals surface area contributed by atoms with Crippen LogP contribution in [-0.4, -0.2) is 29.9 Å². The molecule has 1 aliphatic heterocycles. The van der Waals surface area contributed by atoms with Crippen LogP contribution in [0.15, 0.2) is 47.1 Å². The van der Waals surface area contributed by atoms with Gasteiger partial charge in [0.25, 0.3) is 5.91 Å². The van der Waals surface area contributed by atoms with Gasteiger partial charge in [-0.1, -0.05) is 30.3 Å². The van der Waals surface area contributed by atoms with E-state index in [1.54, 1.807) is 6.07 Å². The van der Waals surface area contributed by atoms with Crippen LogP contribution >= 0.6 is 0 Å². The molecule has 1 aliphatic rings. The van der Waals surface area contributed by atoms with Gasteiger partial charge in [-0.2, -0.15) is 0 Å². The molecule has 1 aromatic carbocycles. The number of piperidine rings is 1. The first kappa shape index (κ1) is 15.8. The van der Waals surface area contributed by atoms with E-state index in [-0.39, 0.29) is 11.9 Å². The first-order valence-corrected chi connectivity index (χ1v) is 8.09. The van der Waals surface area contributed by atoms with Crippen molar-refractivity contribution in [3.63, 3.8) is 0 Å². The van der Waals surface area contributed by atoms with Crippen LogP contribution in [0.4, 0.5) is 0 Å². The number of hydrogen-bond acceptors (Lipinski definition) is 4. The average Bonchev–Trinajstić information content (AvgIpc) is 3.07. The fourth-order valence-corrected chi connectivity index (χ4v) is 2.95. The topological polar surface area (TPSA) is 71.5 Å². The Labute approximate surface area is 136 Å². The molecule has 1 fully saturated rings. The molecular weight excluding hydrogens is 290 g/mol. The van der Waals surface area contributed by atoms with E-state index in [0.29, 0.717) is 17.9 Å². The van der Waals surface area contributed by atoms with Crippen molar-refractivity contribution in [3.05, 3.63) is 59.5 Å². The first-order valence-electron chi connectivity index (χ1n) is 8.09. The molecule has 1 amide bonds. The monoisotopic (exact) mass is 313 g/mol. The molecule has 23 heavy (non-hydrogen) atoms. The number of nitrogens with zero attached hydrogens (tertiary/aromatic N) is 1. The van der Waals surface area contributed by atoms with E-state index < -0.39 is 0 Å². The molecule has 0 unspecified atom stereocenters. The SMILES string of the molecule is NCc1cc(C(=O)NC2CCN(Cc3ccccc3)CC2)co1. The Morgan fingerprint density at radius 1 is 1.26 bits per heavy atom. The third-order valence-electron chi connectivity index (χ3n) is 4.29. The Kier molecular flexibility index (Phi) is 5.10. The minimum Gasteiger partial charge on any atom is -0.467 e. The summed E-state index contributed by atoms with van der Waals surface area (Å²) in [4.78, 5) is 14.6. The Morgan fingerprint density at radius 3 is 2.65 bits per heavy atom. The Morgan fingerprint density at radius 2 is 2.00 bits per heavy atom. The fourth-order valence-electron chi connectivity index (χ4n) is 2.95. The zero-order valence-corrected chi connectivity index (χ0v) is 13.2. The maximum Gasteiger partial charge on any atom is 0.254 e. The van der Waals surface area contributed by atoms with Crippen molar-refractivity contribution in [2.75, 3.05) is 13.1 Å². The summed E-state index contributed by atoms with van der Waals surface area (Å²) < 4.78 is 5.21. The van der Waals surface area contributed by atoms with E-state index in [4.69, 9.17) is 10.2 Å². The lowest BCUT2D eigenvalue weighted by Crippen LogP contribution is -2.44. The Hall–Kier alpha value is -2.11. The molecule has 122 valence electrons. The minimum atomic E-state index is -0.0741. The van der Waals surface area contributed by atoms with Gasteiger partial charge >= 0.3 is 0 Å². The van der Waals surface area contributed by atoms with E-state index in [0.717, 1.165) is 32.5 Å². The van der Waals surface area contributed by atoms with Gasteiger partial charge in [0.2, 0.25) is 0 Å². The quantitative estimate of drug-likeness (QED) is 0.887. The van der Waals surface area contributed by atoms with E-state index >= 15 is 0 Å². The molecule has 0 spiro atoms. The summed E-state index contributed by atoms with van der Waals surface area (Å²) >= 11 is 0. The Balaban J connectivity index is 1.46. The van der Waals surface area contributed by atoms with Gasteiger partial charge in [-0.05, 0) is 24.5 Å². The standard InChI is InChI=1S/C18H23N3O2/c19-11-17-10-15(13-23-17)18(22)20-16-6-8-21(9-7-16)12-14-4-2-1-3-5-14/h1-5,10,13,16H,6-9,11-12,19H2,(H,20,22). The predicted octanol–water partition coefficient (Wildman–Crippen LogP) is 2.13. The lowest BCUT2D eigenvalue weighted by atomic mass is 10.0. The van der Waals surface area contributed by atoms with Gasteiger partial charge in [-0.3, -0.25) is 9.69 Å². The molecule has 1 saturated heterocycles. The van der Waals surface area contributed by atoms with Crippen molar-refractivity contribution < 1.29 is 9.21 Å². The lowest BCUT2D eigenvalue weighted by molar-refractivity contribution is 0.0908. The molecule has 0 radical (unpaired) electrons. The van der Waals surface area contributed by atoms with Gasteiger partial charge in [0.15, 0.2) is 0 Å². The van der Waals surface area contributed by atoms with Crippen LogP contribution in [0.3, 0.4) is 0 Å². The van der Waals surface area contributed by atoms with Gasteiger partial charge in [-0.15, -0.1) is 0 Å². The summed E-state index contributed by atoms with van der Waals surface area (Å²) in [5, 5.41) is 3.09. The number of hydrogen-bond donors (Lipinski definition) is 2. The third kappa shape index (κ3) is 4.21. The number of nitrogens with two attached hydrogens (primary N) is 1. The summed E-state index contributed by atoms with van der Waals surface area (Å²) in [6, 6.07) is 12.4. The van der Waals surface area contributed by atoms with Crippen molar-refractivity contribution in [2.45, 2.75) is 32.0 Å². The van der Waals surface area contributed by atoms with Crippen molar-refractivity contribution in [3.8, 4) is 0 Å². The largest absolute Gasteiger partial charge is 0.467 e. The second kappa shape index (κ2) is 7.44. The normalized spacial score (nSPS) is 16.4. The molecular formula is C18H23N3O2. The molecule has 3 rings (SSSR count). The summed E-state index contributed by atoms with van der Waals surface area (Å²) in [5.41, 5.74) is 7.38. The zero-order chi connectivity index (χ0) is 16.1. The molecule has 3 N–H and O–H groups in total. The van der Waals surface area contributed by atoms with Crippen LogP contribution in [0.5, 0.6) is 0 Å². The molecule has 0 saturated carbocycles. The van der Waals surface area contributed by atoms with Crippen LogP contribution in [-0.2, 0) is 13.1 Å². The van der Waals surface area contributed by atoms with Gasteiger partial charge in [0.1, 0.15) is 12.0 Å². The van der Waals surface area contributed by atoms with Crippen LogP contribution in [0, 0.1) is 0 Å². The fraction of sp³-hybridized carbons (Fsp3) is 0.389. The van der Waals surface area contributed by atoms with E-state index in [1.165, 1.54) is 11.8 Å². The van der Waals surface area contributed by atoms with Gasteiger partial charge < -0.3 is 15.5 Å². The van der Waals surface area contributed by atoms with Crippen molar-refractivity contribution >= 4 is 5.91 Å². The maximum atomic E-state index is 12.2. The van der Waals surface area contributed by atoms with Crippen LogP contribution in [0.2, 0.25) is 0 Å². The van der Waals surface area contributed by atoms with Gasteiger partial charge in [-0.25, -0.2) is 0 Å². The lowest BCUT2D eigenvalue weighted by Gasteiger charge is -2.32. The number of benzene rings is 1. The van der Waals surface area contributed by atoms with Gasteiger partial charge in [0, 0.05) is 25.7 Å². The van der Waals surface area contributed by atoms with E-state index in [1.807, 2.05) is 6.07 Å². The second-order valence-corrected chi connectivity index (χ2v) is 6.02. The van der Waals surface area contributed by atoms with Crippen LogP contribution in [0.25, 0.3) is 0 Å². The zero-order valence-electron chi connectivity index (χ0n) is 13.2. The molecule has 0 aliphatic carbocycles. The highest BCUT2D eigenvalue weighted by molar-refractivity contribution is 5.94. The summed E-state index contributed by atoms with van der Waals surface area (Å²) in [6.07, 6.45) is 3.42. The molecule has 2 heterocycles. The number of amides is 1. The number of carbonyl (C=O) groups is 1. The number of rotatable bonds is 5. The highest BCUT2D eigenvalue weighted by atomic mass is 16.3. The molecule has 5 heteroatoms. The molecule has 1 aromatic heterocycles. The third-order valence-corrected chi connectivity index (χ3v) is 4.29. The smallest absolute Gasteiger partial charge is 0.254 e. The second-order valence-electron chi connectivity index (χ2n) is 6.02. The molecule has 0 bridgehead atoms. The maximum absolute atomic E-state index is 12.2. The van der Waals surface area contributed by atoms with Gasteiger partial charge in [0.05, 0.1) is 12.1 Å². The van der Waals surface area contributed by atoms with Crippen LogP contribution in [0.1, 0.15) is 34.5 Å². The average molecular weight is 313 g/mol. The summed E-state index contributed by atoms with van der Waals surface area (Å²) in [7, 11) is 0. The number of nitrogens with one attached hydrogen (secondary N) is 1. The minimum absolute atomic E-state index is 0.0741. The highest BCUT2D eigenvalue weighted by Crippen LogP contribution is 2.15.